The number of hydrogen-bond acceptors (Lipinski definition) is 0. The molecule has 0 aliphatic rings. The van der Waals surface area contributed by atoms with E-state index in [1.54, 1.807) is 6.69 Å². The fourth-order valence-electron chi connectivity index (χ4n) is 4.47. The van der Waals surface area contributed by atoms with Crippen LogP contribution in [0.3, 0.4) is 0 Å². The SMILES string of the molecule is CC(C)c1cccc(C(C)C)c1-n1cc[n+](-c2c(C(C)C)cccc2C(C)C)c1[B-]Cl. The van der Waals surface area contributed by atoms with E-state index < -0.39 is 0 Å². The highest BCUT2D eigenvalue weighted by atomic mass is 35.5. The molecule has 0 N–H and O–H groups in total. The van der Waals surface area contributed by atoms with Crippen LogP contribution in [0.4, 0.5) is 0 Å². The molecule has 0 atom stereocenters. The van der Waals surface area contributed by atoms with Crippen molar-refractivity contribution in [2.75, 3.05) is 0 Å². The third-order valence-corrected chi connectivity index (χ3v) is 6.32. The van der Waals surface area contributed by atoms with Crippen LogP contribution in [0, 0.1) is 0 Å². The van der Waals surface area contributed by atoms with Crippen LogP contribution in [0.1, 0.15) is 101 Å². The van der Waals surface area contributed by atoms with Gasteiger partial charge in [0.15, 0.2) is 0 Å². The zero-order chi connectivity index (χ0) is 22.9. The highest BCUT2D eigenvalue weighted by Gasteiger charge is 2.25. The maximum Gasteiger partial charge on any atom is 0.135 e. The molecule has 0 fully saturated rings. The lowest BCUT2D eigenvalue weighted by Crippen LogP contribution is -2.51. The number of halogens is 1. The Hall–Kier alpha value is -2.00. The van der Waals surface area contributed by atoms with Gasteiger partial charge in [-0.25, -0.2) is 9.13 Å². The minimum atomic E-state index is 0.418. The topological polar surface area (TPSA) is 8.81 Å². The highest BCUT2D eigenvalue weighted by Crippen LogP contribution is 2.31. The van der Waals surface area contributed by atoms with Crippen molar-refractivity contribution in [2.45, 2.75) is 79.1 Å². The summed E-state index contributed by atoms with van der Waals surface area (Å²) in [7, 11) is 0. The minimum absolute atomic E-state index is 0.418. The molecule has 0 bridgehead atoms. The molecule has 2 nitrogen and oxygen atoms in total. The van der Waals surface area contributed by atoms with Gasteiger partial charge in [0.2, 0.25) is 0 Å². The molecule has 164 valence electrons. The zero-order valence-corrected chi connectivity index (χ0v) is 21.0. The zero-order valence-electron chi connectivity index (χ0n) is 20.3. The molecule has 0 aliphatic heterocycles. The Morgan fingerprint density at radius 1 is 0.710 bits per heavy atom. The highest BCUT2D eigenvalue weighted by molar-refractivity contribution is 7.00. The summed E-state index contributed by atoms with van der Waals surface area (Å²) >= 11 is 6.54. The van der Waals surface area contributed by atoms with Gasteiger partial charge in [0.05, 0.1) is 0 Å². The molecule has 2 aromatic carbocycles. The van der Waals surface area contributed by atoms with Gasteiger partial charge in [-0.05, 0) is 23.7 Å². The fourth-order valence-corrected chi connectivity index (χ4v) is 4.68. The summed E-state index contributed by atoms with van der Waals surface area (Å²) in [6, 6.07) is 13.3. The van der Waals surface area contributed by atoms with Crippen LogP contribution in [0.15, 0.2) is 48.8 Å². The maximum atomic E-state index is 6.54. The van der Waals surface area contributed by atoms with Crippen LogP contribution in [0.25, 0.3) is 11.4 Å². The Labute approximate surface area is 194 Å². The summed E-state index contributed by atoms with van der Waals surface area (Å²) in [5.41, 5.74) is 8.86. The van der Waals surface area contributed by atoms with E-state index in [9.17, 15) is 0 Å². The van der Waals surface area contributed by atoms with Crippen LogP contribution in [0.5, 0.6) is 0 Å². The van der Waals surface area contributed by atoms with E-state index in [1.165, 1.54) is 33.6 Å². The summed E-state index contributed by atoms with van der Waals surface area (Å²) in [6.07, 6.45) is 4.34. The average molecular weight is 435 g/mol. The van der Waals surface area contributed by atoms with Crippen molar-refractivity contribution in [1.82, 2.24) is 4.57 Å². The van der Waals surface area contributed by atoms with Crippen molar-refractivity contribution in [1.29, 1.82) is 0 Å². The van der Waals surface area contributed by atoms with E-state index in [2.05, 4.69) is 113 Å². The van der Waals surface area contributed by atoms with Crippen molar-refractivity contribution in [3.05, 3.63) is 71.0 Å². The van der Waals surface area contributed by atoms with Gasteiger partial charge in [0.1, 0.15) is 23.8 Å². The van der Waals surface area contributed by atoms with Gasteiger partial charge in [-0.15, -0.1) is 0 Å². The van der Waals surface area contributed by atoms with Crippen LogP contribution >= 0.6 is 11.5 Å². The second-order valence-electron chi connectivity index (χ2n) is 9.69. The number of nitrogens with zero attached hydrogens (tertiary/aromatic N) is 2. The third kappa shape index (κ3) is 4.48. The summed E-state index contributed by atoms with van der Waals surface area (Å²) in [5, 5.41) is 0. The Kier molecular flexibility index (Phi) is 7.37. The van der Waals surface area contributed by atoms with Gasteiger partial charge < -0.3 is 11.5 Å². The molecule has 1 heterocycles. The van der Waals surface area contributed by atoms with Crippen molar-refractivity contribution in [3.63, 3.8) is 0 Å². The smallest absolute Gasteiger partial charge is 0.135 e. The number of aromatic nitrogens is 2. The van der Waals surface area contributed by atoms with Crippen LogP contribution in [-0.2, 0) is 0 Å². The van der Waals surface area contributed by atoms with Crippen molar-refractivity contribution >= 4 is 23.9 Å². The molecule has 0 saturated carbocycles. The van der Waals surface area contributed by atoms with Crippen LogP contribution in [-0.4, -0.2) is 11.3 Å². The first kappa shape index (κ1) is 23.7. The number of imidazole rings is 1. The minimum Gasteiger partial charge on any atom is -0.458 e. The molecule has 0 aliphatic carbocycles. The Bertz CT molecular complexity index is 914. The van der Waals surface area contributed by atoms with Gasteiger partial charge in [-0.1, -0.05) is 98.5 Å². The molecule has 1 aromatic heterocycles. The number of para-hydroxylation sites is 2. The molecule has 0 saturated heterocycles. The molecule has 3 aromatic rings. The first-order chi connectivity index (χ1) is 14.7. The first-order valence-corrected chi connectivity index (χ1v) is 11.9. The van der Waals surface area contributed by atoms with Gasteiger partial charge in [-0.3, -0.25) is 0 Å². The van der Waals surface area contributed by atoms with E-state index in [-0.39, 0.29) is 0 Å². The van der Waals surface area contributed by atoms with Crippen molar-refractivity contribution in [2.24, 2.45) is 0 Å². The number of benzene rings is 2. The summed E-state index contributed by atoms with van der Waals surface area (Å²) in [5.74, 6) is 1.67. The third-order valence-electron chi connectivity index (χ3n) is 6.12. The molecular weight excluding hydrogens is 399 g/mol. The molecule has 31 heavy (non-hydrogen) atoms. The summed E-state index contributed by atoms with van der Waals surface area (Å²) in [4.78, 5) is 0. The van der Waals surface area contributed by atoms with Gasteiger partial charge in [0.25, 0.3) is 0 Å². The van der Waals surface area contributed by atoms with Crippen molar-refractivity contribution in [3.8, 4) is 11.4 Å². The van der Waals surface area contributed by atoms with E-state index in [0.29, 0.717) is 23.7 Å². The quantitative estimate of drug-likeness (QED) is 0.288. The standard InChI is InChI=1S/C27H36BClN2/c1-17(2)21-11-9-12-22(18(3)4)25(21)30-15-16-31(27(30)28-29)26-23(19(5)6)13-10-14-24(26)20(7)8/h9-20H,1-8H3. The molecule has 2 radical (unpaired) electrons. The lowest BCUT2D eigenvalue weighted by atomic mass is 9.91. The van der Waals surface area contributed by atoms with E-state index >= 15 is 0 Å². The monoisotopic (exact) mass is 434 g/mol. The first-order valence-electron chi connectivity index (χ1n) is 11.5. The molecule has 0 spiro atoms. The lowest BCUT2D eigenvalue weighted by Gasteiger charge is -2.22. The molecule has 3 rings (SSSR count). The Morgan fingerprint density at radius 3 is 1.52 bits per heavy atom. The maximum absolute atomic E-state index is 6.54. The fraction of sp³-hybridized carbons (Fsp3) is 0.444. The molecule has 4 heteroatoms. The predicted octanol–water partition coefficient (Wildman–Crippen LogP) is 6.73. The molecular formula is C27H36BClN2. The van der Waals surface area contributed by atoms with Gasteiger partial charge in [0, 0.05) is 28.0 Å². The van der Waals surface area contributed by atoms with Crippen molar-refractivity contribution < 1.29 is 4.57 Å². The van der Waals surface area contributed by atoms with E-state index in [4.69, 9.17) is 11.5 Å². The van der Waals surface area contributed by atoms with Gasteiger partial charge >= 0.3 is 0 Å². The van der Waals surface area contributed by atoms with E-state index in [0.717, 1.165) is 5.72 Å². The predicted molar refractivity (Wildman–Crippen MR) is 135 cm³/mol. The van der Waals surface area contributed by atoms with E-state index in [1.807, 2.05) is 0 Å². The van der Waals surface area contributed by atoms with Gasteiger partial charge in [-0.2, -0.15) is 0 Å². The Balaban J connectivity index is 2.36. The summed E-state index contributed by atoms with van der Waals surface area (Å²) in [6.45, 7) is 19.8. The normalized spacial score (nSPS) is 12.0. The van der Waals surface area contributed by atoms with Crippen LogP contribution < -0.4 is 10.3 Å². The number of hydrogen-bond donors (Lipinski definition) is 0. The Morgan fingerprint density at radius 2 is 1.13 bits per heavy atom. The average Bonchev–Trinajstić information content (AvgIpc) is 3.15. The number of rotatable bonds is 7. The van der Waals surface area contributed by atoms with Crippen LogP contribution in [0.2, 0.25) is 0 Å². The second-order valence-corrected chi connectivity index (χ2v) is 9.91. The molecule has 0 unspecified atom stereocenters. The largest absolute Gasteiger partial charge is 0.458 e. The second kappa shape index (κ2) is 9.65. The lowest BCUT2D eigenvalue weighted by molar-refractivity contribution is -0.576. The molecule has 0 amide bonds. The summed E-state index contributed by atoms with van der Waals surface area (Å²) < 4.78 is 4.55.